The van der Waals surface area contributed by atoms with E-state index in [2.05, 4.69) is 21.2 Å². The maximum atomic E-state index is 12.0. The number of imide groups is 1. The predicted molar refractivity (Wildman–Crippen MR) is 76.6 cm³/mol. The van der Waals surface area contributed by atoms with Crippen LogP contribution >= 0.6 is 15.9 Å². The zero-order valence-electron chi connectivity index (χ0n) is 10.7. The summed E-state index contributed by atoms with van der Waals surface area (Å²) in [4.78, 5) is 25.1. The molecule has 1 aliphatic heterocycles. The second-order valence-corrected chi connectivity index (χ2v) is 5.56. The van der Waals surface area contributed by atoms with Gasteiger partial charge in [-0.2, -0.15) is 0 Å². The Hall–Kier alpha value is -1.36. The van der Waals surface area contributed by atoms with E-state index in [1.54, 1.807) is 0 Å². The number of benzene rings is 1. The third-order valence-corrected chi connectivity index (χ3v) is 3.70. The van der Waals surface area contributed by atoms with Gasteiger partial charge < -0.3 is 5.32 Å². The second-order valence-electron chi connectivity index (χ2n) is 4.64. The summed E-state index contributed by atoms with van der Waals surface area (Å²) in [7, 11) is 0. The summed E-state index contributed by atoms with van der Waals surface area (Å²) < 4.78 is 1.00. The predicted octanol–water partition coefficient (Wildman–Crippen LogP) is 3.06. The Morgan fingerprint density at radius 2 is 1.95 bits per heavy atom. The molecule has 102 valence electrons. The van der Waals surface area contributed by atoms with Gasteiger partial charge in [-0.05, 0) is 30.5 Å². The Morgan fingerprint density at radius 3 is 2.68 bits per heavy atom. The van der Waals surface area contributed by atoms with E-state index in [1.807, 2.05) is 24.3 Å². The van der Waals surface area contributed by atoms with E-state index < -0.39 is 0 Å². The summed E-state index contributed by atoms with van der Waals surface area (Å²) in [5, 5.41) is 2.80. The van der Waals surface area contributed by atoms with E-state index in [0.29, 0.717) is 19.5 Å². The van der Waals surface area contributed by atoms with E-state index in [-0.39, 0.29) is 11.9 Å². The van der Waals surface area contributed by atoms with Crippen molar-refractivity contribution in [2.24, 2.45) is 0 Å². The first-order valence-electron chi connectivity index (χ1n) is 6.49. The Balaban J connectivity index is 1.89. The van der Waals surface area contributed by atoms with Gasteiger partial charge in [0, 0.05) is 24.0 Å². The SMILES string of the molecule is O=C1CCCCCN1C(=O)NCc1ccc(Br)cc1. The molecule has 19 heavy (non-hydrogen) atoms. The van der Waals surface area contributed by atoms with Gasteiger partial charge in [-0.15, -0.1) is 0 Å². The van der Waals surface area contributed by atoms with Crippen LogP contribution in [0.1, 0.15) is 31.2 Å². The molecule has 0 saturated carbocycles. The molecule has 1 fully saturated rings. The highest BCUT2D eigenvalue weighted by Crippen LogP contribution is 2.12. The van der Waals surface area contributed by atoms with Crippen molar-refractivity contribution in [2.75, 3.05) is 6.54 Å². The molecule has 1 aliphatic rings. The molecule has 1 N–H and O–H groups in total. The Kier molecular flexibility index (Phi) is 4.96. The van der Waals surface area contributed by atoms with Gasteiger partial charge in [0.1, 0.15) is 0 Å². The van der Waals surface area contributed by atoms with Crippen molar-refractivity contribution in [1.29, 1.82) is 0 Å². The van der Waals surface area contributed by atoms with E-state index in [1.165, 1.54) is 4.90 Å². The maximum Gasteiger partial charge on any atom is 0.324 e. The highest BCUT2D eigenvalue weighted by molar-refractivity contribution is 9.10. The molecule has 0 aliphatic carbocycles. The van der Waals surface area contributed by atoms with Gasteiger partial charge in [0.05, 0.1) is 0 Å². The lowest BCUT2D eigenvalue weighted by Gasteiger charge is -2.19. The number of carbonyl (C=O) groups is 2. The first-order valence-corrected chi connectivity index (χ1v) is 7.29. The first kappa shape index (κ1) is 14.1. The fourth-order valence-electron chi connectivity index (χ4n) is 2.07. The number of hydrogen-bond donors (Lipinski definition) is 1. The average molecular weight is 325 g/mol. The van der Waals surface area contributed by atoms with Crippen LogP contribution in [0.25, 0.3) is 0 Å². The molecule has 4 nitrogen and oxygen atoms in total. The number of hydrogen-bond acceptors (Lipinski definition) is 2. The highest BCUT2D eigenvalue weighted by Gasteiger charge is 2.22. The lowest BCUT2D eigenvalue weighted by atomic mass is 10.2. The topological polar surface area (TPSA) is 49.4 Å². The Labute approximate surface area is 121 Å². The molecule has 0 spiro atoms. The smallest absolute Gasteiger partial charge is 0.324 e. The number of nitrogens with zero attached hydrogens (tertiary/aromatic N) is 1. The molecular formula is C14H17BrN2O2. The average Bonchev–Trinajstić information content (AvgIpc) is 2.62. The number of halogens is 1. The van der Waals surface area contributed by atoms with Gasteiger partial charge in [-0.25, -0.2) is 4.79 Å². The van der Waals surface area contributed by atoms with Crippen LogP contribution in [0, 0.1) is 0 Å². The van der Waals surface area contributed by atoms with Gasteiger partial charge in [0.2, 0.25) is 5.91 Å². The Bertz CT molecular complexity index is 459. The van der Waals surface area contributed by atoms with E-state index >= 15 is 0 Å². The zero-order chi connectivity index (χ0) is 13.7. The van der Waals surface area contributed by atoms with Crippen LogP contribution in [-0.2, 0) is 11.3 Å². The summed E-state index contributed by atoms with van der Waals surface area (Å²) in [6, 6.07) is 7.45. The van der Waals surface area contributed by atoms with Crippen molar-refractivity contribution in [3.05, 3.63) is 34.3 Å². The van der Waals surface area contributed by atoms with E-state index in [9.17, 15) is 9.59 Å². The summed E-state index contributed by atoms with van der Waals surface area (Å²) in [6.07, 6.45) is 3.28. The number of carbonyl (C=O) groups excluding carboxylic acids is 2. The lowest BCUT2D eigenvalue weighted by Crippen LogP contribution is -2.43. The van der Waals surface area contributed by atoms with E-state index in [4.69, 9.17) is 0 Å². The minimum absolute atomic E-state index is 0.0641. The van der Waals surface area contributed by atoms with Gasteiger partial charge in [0.25, 0.3) is 0 Å². The summed E-state index contributed by atoms with van der Waals surface area (Å²) >= 11 is 3.36. The third kappa shape index (κ3) is 4.06. The van der Waals surface area contributed by atoms with Gasteiger partial charge in [-0.3, -0.25) is 9.69 Å². The molecule has 0 aromatic heterocycles. The largest absolute Gasteiger partial charge is 0.334 e. The lowest BCUT2D eigenvalue weighted by molar-refractivity contribution is -0.127. The van der Waals surface area contributed by atoms with Crippen molar-refractivity contribution in [1.82, 2.24) is 10.2 Å². The van der Waals surface area contributed by atoms with Crippen LogP contribution in [0.2, 0.25) is 0 Å². The highest BCUT2D eigenvalue weighted by atomic mass is 79.9. The standard InChI is InChI=1S/C14H17BrN2O2/c15-12-7-5-11(6-8-12)10-16-14(19)17-9-3-1-2-4-13(17)18/h5-8H,1-4,9-10H2,(H,16,19). The number of nitrogens with one attached hydrogen (secondary N) is 1. The van der Waals surface area contributed by atoms with Crippen LogP contribution in [-0.4, -0.2) is 23.4 Å². The molecule has 1 saturated heterocycles. The number of likely N-dealkylation sites (tertiary alicyclic amines) is 1. The second kappa shape index (κ2) is 6.70. The van der Waals surface area contributed by atoms with Crippen LogP contribution in [0.4, 0.5) is 4.79 Å². The monoisotopic (exact) mass is 324 g/mol. The van der Waals surface area contributed by atoms with Crippen LogP contribution in [0.3, 0.4) is 0 Å². The van der Waals surface area contributed by atoms with Crippen LogP contribution in [0.15, 0.2) is 28.7 Å². The van der Waals surface area contributed by atoms with Gasteiger partial charge in [-0.1, -0.05) is 34.5 Å². The minimum atomic E-state index is -0.283. The van der Waals surface area contributed by atoms with E-state index in [0.717, 1.165) is 29.3 Å². The van der Waals surface area contributed by atoms with Crippen LogP contribution < -0.4 is 5.32 Å². The molecule has 0 bridgehead atoms. The van der Waals surface area contributed by atoms with Crippen molar-refractivity contribution in [2.45, 2.75) is 32.2 Å². The first-order chi connectivity index (χ1) is 9.16. The summed E-state index contributed by atoms with van der Waals surface area (Å²) in [6.45, 7) is 0.973. The molecule has 0 radical (unpaired) electrons. The summed E-state index contributed by atoms with van der Waals surface area (Å²) in [5.41, 5.74) is 1.01. The molecule has 1 heterocycles. The van der Waals surface area contributed by atoms with Crippen molar-refractivity contribution < 1.29 is 9.59 Å². The number of urea groups is 1. The molecule has 5 heteroatoms. The molecule has 1 aromatic carbocycles. The fourth-order valence-corrected chi connectivity index (χ4v) is 2.34. The van der Waals surface area contributed by atoms with Crippen LogP contribution in [0.5, 0.6) is 0 Å². The zero-order valence-corrected chi connectivity index (χ0v) is 12.3. The number of amides is 3. The van der Waals surface area contributed by atoms with Crippen molar-refractivity contribution in [3.8, 4) is 0 Å². The van der Waals surface area contributed by atoms with Crippen molar-refractivity contribution in [3.63, 3.8) is 0 Å². The summed E-state index contributed by atoms with van der Waals surface area (Å²) in [5.74, 6) is -0.0641. The third-order valence-electron chi connectivity index (χ3n) is 3.18. The molecular weight excluding hydrogens is 308 g/mol. The Morgan fingerprint density at radius 1 is 1.21 bits per heavy atom. The molecule has 0 unspecified atom stereocenters. The maximum absolute atomic E-state index is 12.0. The molecule has 2 rings (SSSR count). The molecule has 3 amide bonds. The van der Waals surface area contributed by atoms with Gasteiger partial charge in [0.15, 0.2) is 0 Å². The minimum Gasteiger partial charge on any atom is -0.334 e. The van der Waals surface area contributed by atoms with Crippen molar-refractivity contribution >= 4 is 27.9 Å². The molecule has 1 aromatic rings. The van der Waals surface area contributed by atoms with Gasteiger partial charge >= 0.3 is 6.03 Å². The normalized spacial score (nSPS) is 16.1. The quantitative estimate of drug-likeness (QED) is 0.908. The number of rotatable bonds is 2. The fraction of sp³-hybridized carbons (Fsp3) is 0.429. The molecule has 0 atom stereocenters.